The Morgan fingerprint density at radius 2 is 1.83 bits per heavy atom. The summed E-state index contributed by atoms with van der Waals surface area (Å²) < 4.78 is 5.52. The van der Waals surface area contributed by atoms with Crippen molar-refractivity contribution < 1.29 is 33.5 Å². The number of nitrogens with two attached hydrogens (primary N) is 2. The van der Waals surface area contributed by atoms with E-state index in [1.54, 1.807) is 34.3 Å². The van der Waals surface area contributed by atoms with E-state index < -0.39 is 64.4 Å². The number of benzene rings is 1. The Morgan fingerprint density at radius 3 is 2.42 bits per heavy atom. The zero-order chi connectivity index (χ0) is 26.4. The molecule has 190 valence electrons. The number of nitrogen functional groups attached to an aromatic ring is 1. The number of carbonyl (C=O) groups excluding carboxylic acids is 5. The van der Waals surface area contributed by atoms with Gasteiger partial charge in [-0.2, -0.15) is 4.98 Å². The fourth-order valence-corrected chi connectivity index (χ4v) is 6.46. The van der Waals surface area contributed by atoms with Crippen LogP contribution < -0.4 is 16.4 Å². The summed E-state index contributed by atoms with van der Waals surface area (Å²) in [6, 6.07) is 0.485. The van der Waals surface area contributed by atoms with Gasteiger partial charge in [-0.1, -0.05) is 0 Å². The Hall–Kier alpha value is -3.64. The van der Waals surface area contributed by atoms with E-state index in [0.717, 1.165) is 0 Å². The largest absolute Gasteiger partial charge is 0.423 e. The number of carbonyl (C=O) groups is 5. The average Bonchev–Trinajstić information content (AvgIpc) is 3.14. The highest BCUT2D eigenvalue weighted by molar-refractivity contribution is 6.32. The number of oxazole rings is 1. The van der Waals surface area contributed by atoms with Gasteiger partial charge in [0.2, 0.25) is 5.91 Å². The number of likely N-dealkylation sites (N-methyl/N-ethyl adjacent to an activating group) is 1. The van der Waals surface area contributed by atoms with Crippen molar-refractivity contribution in [1.29, 1.82) is 0 Å². The minimum Gasteiger partial charge on any atom is -0.423 e. The zero-order valence-electron chi connectivity index (χ0n) is 20.3. The summed E-state index contributed by atoms with van der Waals surface area (Å²) in [7, 11) is 6.72. The summed E-state index contributed by atoms with van der Waals surface area (Å²) in [6.07, 6.45) is 0.295. The lowest BCUT2D eigenvalue weighted by Gasteiger charge is -2.52. The molecular weight excluding hydrogens is 470 g/mol. The van der Waals surface area contributed by atoms with Crippen LogP contribution in [0.5, 0.6) is 0 Å². The van der Waals surface area contributed by atoms with Gasteiger partial charge in [0, 0.05) is 25.7 Å². The van der Waals surface area contributed by atoms with Gasteiger partial charge in [0.15, 0.2) is 40.2 Å². The molecule has 3 aliphatic rings. The second-order valence-corrected chi connectivity index (χ2v) is 10.3. The number of fused-ring (bicyclic) bond motifs is 5. The number of Topliss-reactive ketones (excluding diaryl/α,β-unsaturated/α-hetero) is 4. The van der Waals surface area contributed by atoms with Gasteiger partial charge in [-0.25, -0.2) is 0 Å². The Bertz CT molecular complexity index is 1380. The number of hydrogen-bond acceptors (Lipinski definition) is 11. The van der Waals surface area contributed by atoms with E-state index in [4.69, 9.17) is 15.9 Å². The first-order valence-corrected chi connectivity index (χ1v) is 11.5. The molecule has 1 aromatic heterocycles. The summed E-state index contributed by atoms with van der Waals surface area (Å²) in [6.45, 7) is 0. The summed E-state index contributed by atoms with van der Waals surface area (Å²) in [5, 5.41) is 11.6. The Kier molecular flexibility index (Phi) is 5.13. The summed E-state index contributed by atoms with van der Waals surface area (Å²) in [5.74, 6) is -9.99. The predicted octanol–water partition coefficient (Wildman–Crippen LogP) is -1.05. The van der Waals surface area contributed by atoms with Crippen molar-refractivity contribution in [1.82, 2.24) is 9.88 Å². The third-order valence-electron chi connectivity index (χ3n) is 7.92. The molecule has 0 aliphatic heterocycles. The van der Waals surface area contributed by atoms with Crippen molar-refractivity contribution in [2.75, 3.05) is 38.8 Å². The standard InChI is InChI=1S/C24H27N5O7/c1-28(2)12-7-11-19(36-23(26)27-11)14-9(12)5-8-6-10-16(29(3)4)18(31)15(22(25)34)21(33)24(10,35)20(32)13(8)17(14)30/h7-8,10,13,15-16,35H,5-6H2,1-4H3,(H2,25,34)(H2,26,27). The smallest absolute Gasteiger partial charge is 0.293 e. The van der Waals surface area contributed by atoms with Crippen LogP contribution >= 0.6 is 0 Å². The molecule has 5 rings (SSSR count). The van der Waals surface area contributed by atoms with E-state index in [2.05, 4.69) is 4.98 Å². The van der Waals surface area contributed by atoms with E-state index in [-0.39, 0.29) is 30.0 Å². The van der Waals surface area contributed by atoms with Crippen LogP contribution in [0.15, 0.2) is 10.5 Å². The SMILES string of the molecule is CN(C)c1cc2nc(N)oc2c2c1CC1CC3C(N(C)C)C(=O)C(C(N)=O)C(=O)C3(O)C(=O)C1C2=O. The maximum Gasteiger partial charge on any atom is 0.293 e. The molecule has 6 unspecified atom stereocenters. The van der Waals surface area contributed by atoms with E-state index in [1.165, 1.54) is 4.90 Å². The third-order valence-corrected chi connectivity index (χ3v) is 7.92. The minimum atomic E-state index is -2.71. The van der Waals surface area contributed by atoms with E-state index in [9.17, 15) is 29.1 Å². The fraction of sp³-hybridized carbons (Fsp3) is 0.500. The van der Waals surface area contributed by atoms with Crippen molar-refractivity contribution in [2.45, 2.75) is 24.5 Å². The average molecular weight is 498 g/mol. The number of anilines is 2. The number of primary amides is 1. The van der Waals surface area contributed by atoms with Gasteiger partial charge in [0.25, 0.3) is 6.01 Å². The number of ketones is 4. The van der Waals surface area contributed by atoms with Gasteiger partial charge in [0.1, 0.15) is 5.52 Å². The molecule has 0 radical (unpaired) electrons. The fourth-order valence-electron chi connectivity index (χ4n) is 6.46. The highest BCUT2D eigenvalue weighted by Crippen LogP contribution is 2.51. The molecule has 2 saturated carbocycles. The highest BCUT2D eigenvalue weighted by atomic mass is 16.4. The van der Waals surface area contributed by atoms with E-state index >= 15 is 0 Å². The van der Waals surface area contributed by atoms with Gasteiger partial charge < -0.3 is 25.9 Å². The lowest BCUT2D eigenvalue weighted by molar-refractivity contribution is -0.181. The molecule has 0 bridgehead atoms. The molecule has 1 heterocycles. The number of aliphatic hydroxyl groups is 1. The van der Waals surface area contributed by atoms with Gasteiger partial charge in [-0.3, -0.25) is 28.9 Å². The van der Waals surface area contributed by atoms with E-state index in [0.29, 0.717) is 16.8 Å². The van der Waals surface area contributed by atoms with Crippen LogP contribution in [0.4, 0.5) is 11.7 Å². The second-order valence-electron chi connectivity index (χ2n) is 10.3. The van der Waals surface area contributed by atoms with Crippen molar-refractivity contribution in [3.8, 4) is 0 Å². The van der Waals surface area contributed by atoms with Crippen LogP contribution in [0.1, 0.15) is 22.3 Å². The molecule has 1 aromatic carbocycles. The molecule has 1 amide bonds. The van der Waals surface area contributed by atoms with Gasteiger partial charge >= 0.3 is 0 Å². The first-order valence-electron chi connectivity index (χ1n) is 11.5. The number of rotatable bonds is 3. The molecule has 6 atom stereocenters. The zero-order valence-corrected chi connectivity index (χ0v) is 20.3. The normalized spacial score (nSPS) is 31.9. The number of hydrogen-bond donors (Lipinski definition) is 3. The summed E-state index contributed by atoms with van der Waals surface area (Å²) in [5.41, 5.74) is 10.3. The molecule has 3 aliphatic carbocycles. The molecular formula is C24H27N5O7. The summed E-state index contributed by atoms with van der Waals surface area (Å²) in [4.78, 5) is 73.8. The van der Waals surface area contributed by atoms with Gasteiger partial charge in [0.05, 0.1) is 17.5 Å². The predicted molar refractivity (Wildman–Crippen MR) is 126 cm³/mol. The number of amides is 1. The molecule has 2 aromatic rings. The van der Waals surface area contributed by atoms with Crippen molar-refractivity contribution in [3.63, 3.8) is 0 Å². The molecule has 36 heavy (non-hydrogen) atoms. The van der Waals surface area contributed by atoms with Gasteiger partial charge in [-0.15, -0.1) is 0 Å². The Labute approximate surface area is 205 Å². The lowest BCUT2D eigenvalue weighted by Crippen LogP contribution is -2.74. The van der Waals surface area contributed by atoms with Crippen LogP contribution in [-0.4, -0.2) is 83.9 Å². The first kappa shape index (κ1) is 24.1. The maximum atomic E-state index is 13.9. The highest BCUT2D eigenvalue weighted by Gasteiger charge is 2.69. The molecule has 0 spiro atoms. The third kappa shape index (κ3) is 2.94. The van der Waals surface area contributed by atoms with Crippen molar-refractivity contribution in [2.24, 2.45) is 29.4 Å². The Balaban J connectivity index is 1.71. The lowest BCUT2D eigenvalue weighted by atomic mass is 9.52. The van der Waals surface area contributed by atoms with Crippen LogP contribution in [0, 0.1) is 23.7 Å². The van der Waals surface area contributed by atoms with Crippen molar-refractivity contribution >= 4 is 51.8 Å². The molecule has 12 heteroatoms. The van der Waals surface area contributed by atoms with Crippen LogP contribution in [0.25, 0.3) is 11.1 Å². The second kappa shape index (κ2) is 7.68. The van der Waals surface area contributed by atoms with E-state index in [1.807, 2.05) is 4.90 Å². The number of nitrogens with zero attached hydrogens (tertiary/aromatic N) is 3. The molecule has 12 nitrogen and oxygen atoms in total. The van der Waals surface area contributed by atoms with Crippen LogP contribution in [-0.2, 0) is 25.6 Å². The molecule has 0 saturated heterocycles. The molecule has 5 N–H and O–H groups in total. The topological polar surface area (TPSA) is 190 Å². The maximum absolute atomic E-state index is 13.9. The van der Waals surface area contributed by atoms with Gasteiger partial charge in [-0.05, 0) is 44.5 Å². The summed E-state index contributed by atoms with van der Waals surface area (Å²) >= 11 is 0. The monoisotopic (exact) mass is 497 g/mol. The minimum absolute atomic E-state index is 0.0351. The number of aromatic nitrogens is 1. The van der Waals surface area contributed by atoms with Crippen LogP contribution in [0.3, 0.4) is 0 Å². The quantitative estimate of drug-likeness (QED) is 0.439. The van der Waals surface area contributed by atoms with Crippen LogP contribution in [0.2, 0.25) is 0 Å². The first-order chi connectivity index (χ1) is 16.8. The van der Waals surface area contributed by atoms with Crippen molar-refractivity contribution in [3.05, 3.63) is 17.2 Å². The molecule has 2 fully saturated rings. The Morgan fingerprint density at radius 1 is 1.17 bits per heavy atom.